The molecular formula is C31H43N5O4S. The summed E-state index contributed by atoms with van der Waals surface area (Å²) in [5.41, 5.74) is 1.30. The predicted molar refractivity (Wildman–Crippen MR) is 160 cm³/mol. The molecule has 1 aliphatic carbocycles. The monoisotopic (exact) mass is 581 g/mol. The van der Waals surface area contributed by atoms with Crippen molar-refractivity contribution in [1.29, 1.82) is 0 Å². The first-order valence-electron chi connectivity index (χ1n) is 15.1. The first-order valence-corrected chi connectivity index (χ1v) is 16.0. The average molecular weight is 582 g/mol. The Morgan fingerprint density at radius 1 is 0.927 bits per heavy atom. The van der Waals surface area contributed by atoms with Crippen LogP contribution in [0.2, 0.25) is 0 Å². The summed E-state index contributed by atoms with van der Waals surface area (Å²) in [5, 5.41) is 18.4. The summed E-state index contributed by atoms with van der Waals surface area (Å²) in [6, 6.07) is 13.5. The minimum atomic E-state index is -1.06. The minimum Gasteiger partial charge on any atom is -0.465 e. The van der Waals surface area contributed by atoms with Gasteiger partial charge in [0.2, 0.25) is 11.8 Å². The molecule has 2 saturated heterocycles. The van der Waals surface area contributed by atoms with Crippen molar-refractivity contribution in [2.75, 3.05) is 32.7 Å². The topological polar surface area (TPSA) is 105 Å². The molecule has 2 aromatic rings. The average Bonchev–Trinajstić information content (AvgIpc) is 3.53. The van der Waals surface area contributed by atoms with Gasteiger partial charge in [-0.2, -0.15) is 0 Å². The number of thiophene rings is 1. The zero-order valence-electron chi connectivity index (χ0n) is 23.7. The van der Waals surface area contributed by atoms with Crippen LogP contribution in [0.15, 0.2) is 47.8 Å². The number of benzene rings is 1. The summed E-state index contributed by atoms with van der Waals surface area (Å²) in [5.74, 6) is -0.186. The minimum absolute atomic E-state index is 0.0109. The third-order valence-electron chi connectivity index (χ3n) is 8.89. The van der Waals surface area contributed by atoms with Gasteiger partial charge in [-0.3, -0.25) is 14.5 Å². The van der Waals surface area contributed by atoms with Crippen LogP contribution in [0.25, 0.3) is 0 Å². The Hall–Kier alpha value is -2.95. The Kier molecular flexibility index (Phi) is 10.3. The van der Waals surface area contributed by atoms with Crippen molar-refractivity contribution < 1.29 is 19.5 Å². The van der Waals surface area contributed by atoms with Gasteiger partial charge in [-0.1, -0.05) is 55.7 Å². The first kappa shape index (κ1) is 29.5. The third kappa shape index (κ3) is 7.87. The SMILES string of the molecule is O=C(NCc1cccs1)[C@@H]1CN(C(=O)O)CCN1C(=O)[C@H](NC1CCCCC1)C1CCN(Cc2ccccc2)CC1. The Bertz CT molecular complexity index is 1130. The number of hydrogen-bond acceptors (Lipinski definition) is 6. The highest BCUT2D eigenvalue weighted by molar-refractivity contribution is 7.09. The lowest BCUT2D eigenvalue weighted by Gasteiger charge is -2.44. The largest absolute Gasteiger partial charge is 0.465 e. The summed E-state index contributed by atoms with van der Waals surface area (Å²) in [6.45, 7) is 3.54. The van der Waals surface area contributed by atoms with Gasteiger partial charge in [0.25, 0.3) is 0 Å². The second-order valence-electron chi connectivity index (χ2n) is 11.7. The van der Waals surface area contributed by atoms with Crippen molar-refractivity contribution in [3.63, 3.8) is 0 Å². The second kappa shape index (κ2) is 14.3. The van der Waals surface area contributed by atoms with Crippen LogP contribution >= 0.6 is 11.3 Å². The van der Waals surface area contributed by atoms with Crippen LogP contribution in [0.5, 0.6) is 0 Å². The highest BCUT2D eigenvalue weighted by atomic mass is 32.1. The van der Waals surface area contributed by atoms with Crippen LogP contribution in [-0.2, 0) is 22.7 Å². The Morgan fingerprint density at radius 2 is 1.68 bits per heavy atom. The summed E-state index contributed by atoms with van der Waals surface area (Å²) in [7, 11) is 0. The molecule has 3 heterocycles. The predicted octanol–water partition coefficient (Wildman–Crippen LogP) is 3.76. The lowest BCUT2D eigenvalue weighted by molar-refractivity contribution is -0.147. The molecule has 0 bridgehead atoms. The van der Waals surface area contributed by atoms with E-state index >= 15 is 0 Å². The van der Waals surface area contributed by atoms with E-state index in [1.165, 1.54) is 29.7 Å². The van der Waals surface area contributed by atoms with Crippen molar-refractivity contribution in [3.8, 4) is 0 Å². The lowest BCUT2D eigenvalue weighted by atomic mass is 9.86. The molecule has 9 nitrogen and oxygen atoms in total. The normalized spacial score (nSPS) is 21.9. The number of rotatable bonds is 9. The number of carbonyl (C=O) groups excluding carboxylic acids is 2. The maximum Gasteiger partial charge on any atom is 0.407 e. The molecule has 3 N–H and O–H groups in total. The molecule has 0 unspecified atom stereocenters. The first-order chi connectivity index (χ1) is 20.0. The lowest BCUT2D eigenvalue weighted by Crippen LogP contribution is -2.65. The van der Waals surface area contributed by atoms with Gasteiger partial charge in [0.15, 0.2) is 0 Å². The fraction of sp³-hybridized carbons (Fsp3) is 0.581. The summed E-state index contributed by atoms with van der Waals surface area (Å²) >= 11 is 1.55. The van der Waals surface area contributed by atoms with E-state index in [1.807, 2.05) is 23.6 Å². The van der Waals surface area contributed by atoms with E-state index in [2.05, 4.69) is 39.8 Å². The smallest absolute Gasteiger partial charge is 0.407 e. The van der Waals surface area contributed by atoms with E-state index in [1.54, 1.807) is 16.2 Å². The van der Waals surface area contributed by atoms with Crippen LogP contribution in [0, 0.1) is 5.92 Å². The summed E-state index contributed by atoms with van der Waals surface area (Å²) < 4.78 is 0. The van der Waals surface area contributed by atoms with E-state index in [4.69, 9.17) is 0 Å². The molecule has 1 saturated carbocycles. The van der Waals surface area contributed by atoms with Crippen LogP contribution < -0.4 is 10.6 Å². The maximum atomic E-state index is 14.4. The third-order valence-corrected chi connectivity index (χ3v) is 9.77. The maximum absolute atomic E-state index is 14.4. The summed E-state index contributed by atoms with van der Waals surface area (Å²) in [4.78, 5) is 46.0. The number of carboxylic acid groups (broad SMARTS) is 1. The fourth-order valence-electron chi connectivity index (χ4n) is 6.55. The molecule has 0 radical (unpaired) electrons. The number of nitrogens with zero attached hydrogens (tertiary/aromatic N) is 3. The highest BCUT2D eigenvalue weighted by Gasteiger charge is 2.42. The van der Waals surface area contributed by atoms with Crippen molar-refractivity contribution >= 4 is 29.2 Å². The van der Waals surface area contributed by atoms with Crippen molar-refractivity contribution in [1.82, 2.24) is 25.3 Å². The van der Waals surface area contributed by atoms with Gasteiger partial charge >= 0.3 is 6.09 Å². The number of hydrogen-bond donors (Lipinski definition) is 3. The number of amides is 3. The molecule has 1 aromatic heterocycles. The van der Waals surface area contributed by atoms with Gasteiger partial charge in [0.1, 0.15) is 6.04 Å². The number of piperidine rings is 1. The van der Waals surface area contributed by atoms with Gasteiger partial charge in [-0.15, -0.1) is 11.3 Å². The quantitative estimate of drug-likeness (QED) is 0.417. The van der Waals surface area contributed by atoms with E-state index in [-0.39, 0.29) is 43.4 Å². The Labute approximate surface area is 246 Å². The zero-order valence-corrected chi connectivity index (χ0v) is 24.6. The van der Waals surface area contributed by atoms with Gasteiger partial charge in [-0.25, -0.2) is 4.79 Å². The molecule has 41 heavy (non-hydrogen) atoms. The van der Waals surface area contributed by atoms with Gasteiger partial charge in [-0.05, 0) is 61.7 Å². The molecule has 3 aliphatic rings. The van der Waals surface area contributed by atoms with E-state index < -0.39 is 12.1 Å². The van der Waals surface area contributed by atoms with Gasteiger partial charge in [0, 0.05) is 30.6 Å². The van der Waals surface area contributed by atoms with Crippen LogP contribution in [-0.4, -0.2) is 88.6 Å². The number of piperazine rings is 1. The molecule has 3 fully saturated rings. The molecule has 1 aromatic carbocycles. The molecule has 222 valence electrons. The molecule has 2 aliphatic heterocycles. The van der Waals surface area contributed by atoms with Crippen LogP contribution in [0.1, 0.15) is 55.4 Å². The van der Waals surface area contributed by atoms with Crippen molar-refractivity contribution in [3.05, 3.63) is 58.3 Å². The zero-order chi connectivity index (χ0) is 28.6. The Morgan fingerprint density at radius 3 is 2.37 bits per heavy atom. The van der Waals surface area contributed by atoms with E-state index in [0.717, 1.165) is 50.2 Å². The molecule has 10 heteroatoms. The molecule has 0 spiro atoms. The molecule has 3 amide bonds. The molecular weight excluding hydrogens is 538 g/mol. The highest BCUT2D eigenvalue weighted by Crippen LogP contribution is 2.27. The van der Waals surface area contributed by atoms with Crippen molar-refractivity contribution in [2.45, 2.75) is 76.2 Å². The molecule has 5 rings (SSSR count). The summed E-state index contributed by atoms with van der Waals surface area (Å²) in [6.07, 6.45) is 6.45. The van der Waals surface area contributed by atoms with Gasteiger partial charge in [0.05, 0.1) is 19.1 Å². The molecule has 2 atom stereocenters. The van der Waals surface area contributed by atoms with E-state index in [0.29, 0.717) is 12.6 Å². The number of nitrogens with one attached hydrogen (secondary N) is 2. The van der Waals surface area contributed by atoms with Crippen LogP contribution in [0.4, 0.5) is 4.79 Å². The van der Waals surface area contributed by atoms with Crippen LogP contribution in [0.3, 0.4) is 0 Å². The standard InChI is InChI=1S/C31H43N5O4S/c37-29(32-20-26-12-7-19-41-26)27-22-35(31(39)40)17-18-36(27)30(38)28(33-25-10-5-2-6-11-25)24-13-15-34(16-14-24)21-23-8-3-1-4-9-23/h1,3-4,7-9,12,19,24-25,27-28,33H,2,5-6,10-11,13-18,20-22H2,(H,32,37)(H,39,40)/t27-,28+/m0/s1. The second-order valence-corrected chi connectivity index (χ2v) is 12.7. The van der Waals surface area contributed by atoms with Gasteiger partial charge < -0.3 is 25.5 Å². The van der Waals surface area contributed by atoms with Crippen molar-refractivity contribution in [2.24, 2.45) is 5.92 Å². The Balaban J connectivity index is 1.30. The fourth-order valence-corrected chi connectivity index (χ4v) is 7.19. The number of carbonyl (C=O) groups is 3. The van der Waals surface area contributed by atoms with E-state index in [9.17, 15) is 19.5 Å². The number of likely N-dealkylation sites (tertiary alicyclic amines) is 1.